The van der Waals surface area contributed by atoms with Crippen molar-refractivity contribution < 1.29 is 19.1 Å². The molecule has 2 aromatic carbocycles. The second kappa shape index (κ2) is 7.41. The predicted molar refractivity (Wildman–Crippen MR) is 111 cm³/mol. The second-order valence-electron chi connectivity index (χ2n) is 7.81. The molecule has 0 unspecified atom stereocenters. The van der Waals surface area contributed by atoms with Crippen LogP contribution in [0.4, 0.5) is 5.69 Å². The zero-order valence-electron chi connectivity index (χ0n) is 17.2. The summed E-state index contributed by atoms with van der Waals surface area (Å²) in [5, 5.41) is 4.32. The van der Waals surface area contributed by atoms with Gasteiger partial charge in [-0.15, -0.1) is 0 Å². The summed E-state index contributed by atoms with van der Waals surface area (Å²) in [6.45, 7) is 4.14. The second-order valence-corrected chi connectivity index (χ2v) is 7.81. The number of benzene rings is 2. The van der Waals surface area contributed by atoms with E-state index < -0.39 is 12.0 Å². The summed E-state index contributed by atoms with van der Waals surface area (Å²) in [5.41, 5.74) is 1.63. The van der Waals surface area contributed by atoms with Gasteiger partial charge >= 0.3 is 0 Å². The molecular weight excluding hydrogens is 382 g/mol. The first kappa shape index (κ1) is 19.1. The van der Waals surface area contributed by atoms with Gasteiger partial charge in [-0.25, -0.2) is 14.9 Å². The van der Waals surface area contributed by atoms with Crippen LogP contribution in [0.5, 0.6) is 11.5 Å². The van der Waals surface area contributed by atoms with Gasteiger partial charge in [0.2, 0.25) is 5.91 Å². The number of hydrazine groups is 1. The number of carbonyl (C=O) groups excluding carboxylic acids is 2. The molecule has 7 nitrogen and oxygen atoms in total. The van der Waals surface area contributed by atoms with Gasteiger partial charge in [0.1, 0.15) is 17.5 Å². The van der Waals surface area contributed by atoms with Crippen LogP contribution in [0.1, 0.15) is 24.9 Å². The molecule has 0 aliphatic carbocycles. The summed E-state index contributed by atoms with van der Waals surface area (Å²) >= 11 is 0. The number of nitrogens with zero attached hydrogens (tertiary/aromatic N) is 3. The van der Waals surface area contributed by atoms with Crippen molar-refractivity contribution in [3.63, 3.8) is 0 Å². The molecule has 0 aromatic heterocycles. The van der Waals surface area contributed by atoms with Crippen LogP contribution in [-0.4, -0.2) is 54.7 Å². The van der Waals surface area contributed by atoms with Gasteiger partial charge < -0.3 is 9.47 Å². The molecule has 0 spiro atoms. The van der Waals surface area contributed by atoms with Crippen molar-refractivity contribution in [1.29, 1.82) is 0 Å². The molecule has 156 valence electrons. The van der Waals surface area contributed by atoms with Crippen LogP contribution in [0, 0.1) is 5.92 Å². The summed E-state index contributed by atoms with van der Waals surface area (Å²) in [7, 11) is 1.64. The lowest BCUT2D eigenvalue weighted by molar-refractivity contribution is -0.126. The third-order valence-corrected chi connectivity index (χ3v) is 6.27. The van der Waals surface area contributed by atoms with E-state index >= 15 is 0 Å². The van der Waals surface area contributed by atoms with Crippen LogP contribution in [0.25, 0.3) is 0 Å². The van der Waals surface area contributed by atoms with E-state index in [0.29, 0.717) is 12.3 Å². The minimum Gasteiger partial charge on any atom is -0.497 e. The highest BCUT2D eigenvalue weighted by molar-refractivity contribution is 6.24. The zero-order valence-corrected chi connectivity index (χ0v) is 17.2. The quantitative estimate of drug-likeness (QED) is 0.710. The van der Waals surface area contributed by atoms with E-state index in [1.165, 1.54) is 4.90 Å². The monoisotopic (exact) mass is 407 g/mol. The van der Waals surface area contributed by atoms with Gasteiger partial charge in [-0.3, -0.25) is 9.59 Å². The molecule has 0 bridgehead atoms. The van der Waals surface area contributed by atoms with Crippen molar-refractivity contribution in [3.05, 3.63) is 54.1 Å². The topological polar surface area (TPSA) is 62.3 Å². The van der Waals surface area contributed by atoms with Gasteiger partial charge in [0.25, 0.3) is 5.91 Å². The fourth-order valence-electron chi connectivity index (χ4n) is 5.03. The lowest BCUT2D eigenvalue weighted by atomic mass is 9.90. The van der Waals surface area contributed by atoms with Gasteiger partial charge in [0.05, 0.1) is 31.4 Å². The first-order chi connectivity index (χ1) is 14.6. The average Bonchev–Trinajstić information content (AvgIpc) is 3.41. The van der Waals surface area contributed by atoms with Crippen LogP contribution in [-0.2, 0) is 9.59 Å². The lowest BCUT2D eigenvalue weighted by Crippen LogP contribution is -2.44. The number of imide groups is 1. The maximum atomic E-state index is 13.5. The van der Waals surface area contributed by atoms with E-state index in [0.717, 1.165) is 36.6 Å². The van der Waals surface area contributed by atoms with Gasteiger partial charge in [-0.2, -0.15) is 0 Å². The number of fused-ring (bicyclic) bond motifs is 3. The Morgan fingerprint density at radius 2 is 1.50 bits per heavy atom. The SMILES string of the molecule is CCOc1ccc(N2C(=O)[C@@H]3[C@H](C2=O)N2CCCN2[C@H]3c2ccc(OC)cc2)cc1. The number of methoxy groups -OCH3 is 1. The normalized spacial score (nSPS) is 26.2. The summed E-state index contributed by atoms with van der Waals surface area (Å²) in [6.07, 6.45) is 0.987. The summed E-state index contributed by atoms with van der Waals surface area (Å²) in [5.74, 6) is 0.804. The number of amides is 2. The van der Waals surface area contributed by atoms with Gasteiger partial charge in [0, 0.05) is 13.1 Å². The summed E-state index contributed by atoms with van der Waals surface area (Å²) < 4.78 is 10.8. The van der Waals surface area contributed by atoms with Crippen LogP contribution >= 0.6 is 0 Å². The van der Waals surface area contributed by atoms with Crippen molar-refractivity contribution >= 4 is 17.5 Å². The van der Waals surface area contributed by atoms with Gasteiger partial charge in [-0.1, -0.05) is 12.1 Å². The number of hydrogen-bond donors (Lipinski definition) is 0. The van der Waals surface area contributed by atoms with Gasteiger partial charge in [0.15, 0.2) is 0 Å². The molecular formula is C23H25N3O4. The van der Waals surface area contributed by atoms with Crippen molar-refractivity contribution in [1.82, 2.24) is 10.0 Å². The smallest absolute Gasteiger partial charge is 0.253 e. The fraction of sp³-hybridized carbons (Fsp3) is 0.391. The molecule has 3 aliphatic heterocycles. The van der Waals surface area contributed by atoms with Crippen molar-refractivity contribution in [3.8, 4) is 11.5 Å². The Morgan fingerprint density at radius 1 is 0.867 bits per heavy atom. The first-order valence-corrected chi connectivity index (χ1v) is 10.4. The van der Waals surface area contributed by atoms with Crippen LogP contribution in [0.3, 0.4) is 0 Å². The molecule has 3 heterocycles. The molecule has 3 fully saturated rings. The average molecular weight is 407 g/mol. The van der Waals surface area contributed by atoms with E-state index in [2.05, 4.69) is 10.0 Å². The maximum Gasteiger partial charge on any atom is 0.253 e. The van der Waals surface area contributed by atoms with E-state index in [4.69, 9.17) is 9.47 Å². The third kappa shape index (κ3) is 2.80. The third-order valence-electron chi connectivity index (χ3n) is 6.27. The number of ether oxygens (including phenoxy) is 2. The van der Waals surface area contributed by atoms with Crippen LogP contribution in [0.15, 0.2) is 48.5 Å². The first-order valence-electron chi connectivity index (χ1n) is 10.4. The maximum absolute atomic E-state index is 13.5. The molecule has 3 atom stereocenters. The molecule has 0 N–H and O–H groups in total. The molecule has 3 aliphatic rings. The van der Waals surface area contributed by atoms with Crippen molar-refractivity contribution in [2.24, 2.45) is 5.92 Å². The highest BCUT2D eigenvalue weighted by Crippen LogP contribution is 2.49. The minimum atomic E-state index is -0.446. The number of rotatable bonds is 5. The largest absolute Gasteiger partial charge is 0.497 e. The molecule has 5 rings (SSSR count). The van der Waals surface area contributed by atoms with E-state index in [9.17, 15) is 9.59 Å². The zero-order chi connectivity index (χ0) is 20.8. The van der Waals surface area contributed by atoms with Gasteiger partial charge in [-0.05, 0) is 55.3 Å². The van der Waals surface area contributed by atoms with E-state index in [1.807, 2.05) is 31.2 Å². The highest BCUT2D eigenvalue weighted by atomic mass is 16.5. The highest BCUT2D eigenvalue weighted by Gasteiger charge is 2.62. The minimum absolute atomic E-state index is 0.135. The lowest BCUT2D eigenvalue weighted by Gasteiger charge is -2.29. The Bertz CT molecular complexity index is 959. The van der Waals surface area contributed by atoms with Crippen molar-refractivity contribution in [2.45, 2.75) is 25.4 Å². The standard InChI is InChI=1S/C23H25N3O4/c1-3-30-18-11-7-16(8-12-18)26-22(27)19-20(15-5-9-17(29-2)10-6-15)24-13-4-14-25(24)21(19)23(26)28/h5-12,19-21H,3-4,13-14H2,1-2H3/t19-,20-,21+/m0/s1. The molecule has 0 saturated carbocycles. The van der Waals surface area contributed by atoms with Crippen LogP contribution < -0.4 is 14.4 Å². The molecule has 7 heteroatoms. The molecule has 2 aromatic rings. The van der Waals surface area contributed by atoms with E-state index in [-0.39, 0.29) is 17.9 Å². The molecule has 30 heavy (non-hydrogen) atoms. The predicted octanol–water partition coefficient (Wildman–Crippen LogP) is 2.63. The van der Waals surface area contributed by atoms with Crippen molar-refractivity contribution in [2.75, 3.05) is 31.7 Å². The van der Waals surface area contributed by atoms with E-state index in [1.54, 1.807) is 31.4 Å². The molecule has 3 saturated heterocycles. The Morgan fingerprint density at radius 3 is 2.13 bits per heavy atom. The Balaban J connectivity index is 1.50. The Labute approximate surface area is 175 Å². The Hall–Kier alpha value is -2.90. The fourth-order valence-corrected chi connectivity index (χ4v) is 5.03. The number of carbonyl (C=O) groups is 2. The number of anilines is 1. The Kier molecular flexibility index (Phi) is 4.72. The number of hydrogen-bond acceptors (Lipinski definition) is 6. The molecule has 0 radical (unpaired) electrons. The molecule has 2 amide bonds. The van der Waals surface area contributed by atoms with Crippen LogP contribution in [0.2, 0.25) is 0 Å². The summed E-state index contributed by atoms with van der Waals surface area (Å²) in [6, 6.07) is 14.4. The summed E-state index contributed by atoms with van der Waals surface area (Å²) in [4.78, 5) is 28.3.